The van der Waals surface area contributed by atoms with Crippen LogP contribution in [-0.2, 0) is 17.4 Å². The molecule has 5 N–H and O–H groups in total. The molecule has 0 saturated heterocycles. The van der Waals surface area contributed by atoms with Gasteiger partial charge < -0.3 is 10.8 Å². The summed E-state index contributed by atoms with van der Waals surface area (Å²) in [6, 6.07) is 11.3. The number of aromatic hydroxyl groups is 1. The van der Waals surface area contributed by atoms with Crippen molar-refractivity contribution in [3.8, 4) is 5.75 Å². The average molecular weight is 358 g/mol. The van der Waals surface area contributed by atoms with E-state index in [0.29, 0.717) is 6.07 Å². The number of phenols is 1. The number of amides is 1. The van der Waals surface area contributed by atoms with Gasteiger partial charge in [0.05, 0.1) is 12.0 Å². The first-order valence-corrected chi connectivity index (χ1v) is 7.63. The number of halogens is 3. The number of carbonyl (C=O) groups is 1. The van der Waals surface area contributed by atoms with Gasteiger partial charge in [0, 0.05) is 10.5 Å². The molecule has 0 bridgehead atoms. The van der Waals surface area contributed by atoms with Gasteiger partial charge in [-0.3, -0.25) is 9.93 Å². The van der Waals surface area contributed by atoms with Gasteiger partial charge in [0.2, 0.25) is 5.91 Å². The molecule has 0 heterocycles. The van der Waals surface area contributed by atoms with Crippen molar-refractivity contribution < 1.29 is 23.1 Å². The molecule has 2 aromatic carbocycles. The molecule has 2 rings (SSSR count). The second-order valence-corrected chi connectivity index (χ2v) is 5.57. The number of phenolic OH excluding ortho intramolecular Hbond substituents is 1. The minimum Gasteiger partial charge on any atom is -0.508 e. The molecule has 8 heteroatoms. The van der Waals surface area contributed by atoms with E-state index in [2.05, 4.69) is 0 Å². The number of aryl methyl sites for hydroxylation is 1. The quantitative estimate of drug-likeness (QED) is 0.734. The van der Waals surface area contributed by atoms with Crippen LogP contribution in [0.1, 0.15) is 16.7 Å². The number of benzene rings is 2. The fourth-order valence-electron chi connectivity index (χ4n) is 1.87. The van der Waals surface area contributed by atoms with Gasteiger partial charge >= 0.3 is 6.18 Å². The van der Waals surface area contributed by atoms with Crippen LogP contribution in [0.25, 0.3) is 0 Å². The predicted octanol–water partition coefficient (Wildman–Crippen LogP) is 3.40. The summed E-state index contributed by atoms with van der Waals surface area (Å²) in [5.41, 5.74) is 4.28. The molecule has 0 atom stereocenters. The van der Waals surface area contributed by atoms with Crippen molar-refractivity contribution in [2.75, 3.05) is 0 Å². The third-order valence-electron chi connectivity index (χ3n) is 3.01. The van der Waals surface area contributed by atoms with Gasteiger partial charge in [-0.1, -0.05) is 18.2 Å². The van der Waals surface area contributed by atoms with Crippen molar-refractivity contribution >= 4 is 17.9 Å². The second-order valence-electron chi connectivity index (χ2n) is 4.86. The minimum absolute atomic E-state index is 0.125. The molecular weight excluding hydrogens is 341 g/mol. The zero-order valence-corrected chi connectivity index (χ0v) is 13.6. The Hall–Kier alpha value is -2.19. The first-order valence-electron chi connectivity index (χ1n) is 6.75. The van der Waals surface area contributed by atoms with Gasteiger partial charge in [-0.05, 0) is 48.7 Å². The van der Waals surface area contributed by atoms with Gasteiger partial charge in [-0.15, -0.1) is 0 Å². The highest BCUT2D eigenvalue weighted by Crippen LogP contribution is 2.34. The van der Waals surface area contributed by atoms with Crippen LogP contribution in [0.15, 0.2) is 47.4 Å². The molecule has 0 fully saturated rings. The van der Waals surface area contributed by atoms with Crippen LogP contribution in [0.2, 0.25) is 0 Å². The fraction of sp³-hybridized carbons (Fsp3) is 0.188. The molecule has 0 aromatic heterocycles. The van der Waals surface area contributed by atoms with Crippen molar-refractivity contribution in [3.05, 3.63) is 59.2 Å². The van der Waals surface area contributed by atoms with E-state index in [1.54, 1.807) is 0 Å². The van der Waals surface area contributed by atoms with E-state index in [4.69, 9.17) is 10.9 Å². The zero-order valence-electron chi connectivity index (χ0n) is 12.8. The molecule has 1 amide bonds. The molecule has 4 nitrogen and oxygen atoms in total. The third kappa shape index (κ3) is 6.13. The van der Waals surface area contributed by atoms with Crippen molar-refractivity contribution in [2.24, 2.45) is 10.9 Å². The maximum atomic E-state index is 12.3. The van der Waals surface area contributed by atoms with Gasteiger partial charge in [0.15, 0.2) is 0 Å². The van der Waals surface area contributed by atoms with E-state index in [1.807, 2.05) is 30.3 Å². The summed E-state index contributed by atoms with van der Waals surface area (Å²) in [6.07, 6.45) is -4.80. The van der Waals surface area contributed by atoms with Crippen molar-refractivity contribution in [2.45, 2.75) is 24.4 Å². The summed E-state index contributed by atoms with van der Waals surface area (Å²) in [5.74, 6) is -1.27. The highest BCUT2D eigenvalue weighted by atomic mass is 32.2. The molecule has 130 valence electrons. The summed E-state index contributed by atoms with van der Waals surface area (Å²) in [4.78, 5) is 11.7. The van der Waals surface area contributed by atoms with Crippen molar-refractivity contribution in [1.82, 2.24) is 0 Å². The molecule has 0 aliphatic carbocycles. The third-order valence-corrected chi connectivity index (χ3v) is 3.55. The summed E-state index contributed by atoms with van der Waals surface area (Å²) in [7, 11) is 0. The molecule has 0 spiro atoms. The Balaban J connectivity index is 0.000000300. The number of nitrogens with two attached hydrogens (primary N) is 2. The van der Waals surface area contributed by atoms with E-state index in [-0.39, 0.29) is 17.5 Å². The Kier molecular flexibility index (Phi) is 7.12. The second kappa shape index (κ2) is 8.60. The maximum absolute atomic E-state index is 12.3. The van der Waals surface area contributed by atoms with Crippen molar-refractivity contribution in [3.63, 3.8) is 0 Å². The first kappa shape index (κ1) is 19.9. The molecule has 0 aliphatic rings. The smallest absolute Gasteiger partial charge is 0.416 e. The van der Waals surface area contributed by atoms with Crippen LogP contribution in [0.5, 0.6) is 5.75 Å². The SMILES string of the molecule is Cc1cc(C(F)(F)F)cc(O)c1CC(N)=O.NSc1ccccc1. The number of rotatable bonds is 3. The van der Waals surface area contributed by atoms with Gasteiger partial charge in [0.1, 0.15) is 5.75 Å². The standard InChI is InChI=1S/C10H10F3NO2.C6H7NS/c1-5-2-6(10(11,12)13)3-8(15)7(5)4-9(14)16;7-8-6-4-2-1-3-5-6/h2-3,15H,4H2,1H3,(H2,14,16);1-5H,7H2. The highest BCUT2D eigenvalue weighted by Gasteiger charge is 2.31. The Morgan fingerprint density at radius 2 is 1.79 bits per heavy atom. The number of alkyl halides is 3. The monoisotopic (exact) mass is 358 g/mol. The molecular formula is C16H17F3N2O2S. The first-order chi connectivity index (χ1) is 11.1. The van der Waals surface area contributed by atoms with Gasteiger partial charge in [-0.2, -0.15) is 13.2 Å². The van der Waals surface area contributed by atoms with Crippen molar-refractivity contribution in [1.29, 1.82) is 0 Å². The summed E-state index contributed by atoms with van der Waals surface area (Å²) in [5, 5.41) is 14.6. The molecule has 0 aliphatic heterocycles. The normalized spacial score (nSPS) is 10.7. The largest absolute Gasteiger partial charge is 0.508 e. The van der Waals surface area contributed by atoms with Gasteiger partial charge in [-0.25, -0.2) is 0 Å². The van der Waals surface area contributed by atoms with Crippen LogP contribution in [0.4, 0.5) is 13.2 Å². The van der Waals surface area contributed by atoms with Crippen LogP contribution < -0.4 is 10.9 Å². The lowest BCUT2D eigenvalue weighted by Gasteiger charge is -2.12. The van der Waals surface area contributed by atoms with E-state index in [9.17, 15) is 23.1 Å². The van der Waals surface area contributed by atoms with Crippen LogP contribution in [-0.4, -0.2) is 11.0 Å². The number of carbonyl (C=O) groups excluding carboxylic acids is 1. The van der Waals surface area contributed by atoms with Crippen LogP contribution in [0.3, 0.4) is 0 Å². The molecule has 2 aromatic rings. The van der Waals surface area contributed by atoms with Gasteiger partial charge in [0.25, 0.3) is 0 Å². The summed E-state index contributed by atoms with van der Waals surface area (Å²) in [6.45, 7) is 1.38. The lowest BCUT2D eigenvalue weighted by Crippen LogP contribution is -2.15. The summed E-state index contributed by atoms with van der Waals surface area (Å²) < 4.78 is 37.0. The molecule has 0 saturated carbocycles. The highest BCUT2D eigenvalue weighted by molar-refractivity contribution is 7.97. The topological polar surface area (TPSA) is 89.3 Å². The van der Waals surface area contributed by atoms with E-state index < -0.39 is 23.4 Å². The fourth-order valence-corrected chi connectivity index (χ4v) is 2.18. The number of hydrogen-bond donors (Lipinski definition) is 3. The number of hydrogen-bond acceptors (Lipinski definition) is 4. The van der Waals surface area contributed by atoms with E-state index in [1.165, 1.54) is 18.9 Å². The summed E-state index contributed by atoms with van der Waals surface area (Å²) >= 11 is 1.27. The van der Waals surface area contributed by atoms with Crippen LogP contribution >= 0.6 is 11.9 Å². The lowest BCUT2D eigenvalue weighted by atomic mass is 10.0. The zero-order chi connectivity index (χ0) is 18.3. The molecule has 0 unspecified atom stereocenters. The predicted molar refractivity (Wildman–Crippen MR) is 87.2 cm³/mol. The Morgan fingerprint density at radius 1 is 1.21 bits per heavy atom. The maximum Gasteiger partial charge on any atom is 0.416 e. The van der Waals surface area contributed by atoms with E-state index >= 15 is 0 Å². The average Bonchev–Trinajstić information content (AvgIpc) is 2.51. The van der Waals surface area contributed by atoms with Crippen LogP contribution in [0, 0.1) is 6.92 Å². The molecule has 0 radical (unpaired) electrons. The van der Waals surface area contributed by atoms with E-state index in [0.717, 1.165) is 11.0 Å². The lowest BCUT2D eigenvalue weighted by molar-refractivity contribution is -0.137. The Morgan fingerprint density at radius 3 is 2.17 bits per heavy atom. The number of primary amides is 1. The Labute approximate surface area is 141 Å². The minimum atomic E-state index is -4.52. The Bertz CT molecular complexity index is 668. The molecule has 24 heavy (non-hydrogen) atoms.